The quantitative estimate of drug-likeness (QED) is 0.411. The molecule has 3 heterocycles. The van der Waals surface area contributed by atoms with Crippen molar-refractivity contribution in [2.45, 2.75) is 58.1 Å². The maximum Gasteiger partial charge on any atom is 0.252 e. The predicted octanol–water partition coefficient (Wildman–Crippen LogP) is 4.53. The normalized spacial score (nSPS) is 26.0. The molecule has 4 aromatic rings. The van der Waals surface area contributed by atoms with Crippen LogP contribution >= 0.6 is 0 Å². The predicted molar refractivity (Wildman–Crippen MR) is 136 cm³/mol. The second kappa shape index (κ2) is 7.40. The second-order valence-corrected chi connectivity index (χ2v) is 10.2. The number of aliphatic hydroxyl groups is 2. The number of para-hydroxylation sites is 1. The van der Waals surface area contributed by atoms with Crippen LogP contribution in [0, 0.1) is 13.8 Å². The zero-order valence-corrected chi connectivity index (χ0v) is 20.5. The van der Waals surface area contributed by atoms with Crippen molar-refractivity contribution >= 4 is 27.7 Å². The van der Waals surface area contributed by atoms with Crippen LogP contribution in [0.25, 0.3) is 32.9 Å². The summed E-state index contributed by atoms with van der Waals surface area (Å²) in [4.78, 5) is 13.2. The van der Waals surface area contributed by atoms with E-state index in [0.29, 0.717) is 13.0 Å². The highest BCUT2D eigenvalue weighted by molar-refractivity contribution is 6.19. The Morgan fingerprint density at radius 2 is 1.83 bits per heavy atom. The molecule has 0 unspecified atom stereocenters. The van der Waals surface area contributed by atoms with Crippen LogP contribution in [0.4, 0.5) is 0 Å². The van der Waals surface area contributed by atoms with Gasteiger partial charge in [0.25, 0.3) is 5.91 Å². The summed E-state index contributed by atoms with van der Waals surface area (Å²) in [6.07, 6.45) is 0.0880. The van der Waals surface area contributed by atoms with Gasteiger partial charge in [-0.15, -0.1) is 0 Å². The molecule has 0 aliphatic carbocycles. The van der Waals surface area contributed by atoms with Gasteiger partial charge in [-0.2, -0.15) is 0 Å². The van der Waals surface area contributed by atoms with Gasteiger partial charge in [-0.05, 0) is 56.0 Å². The van der Waals surface area contributed by atoms with E-state index >= 15 is 0 Å². The monoisotopic (exact) mass is 470 g/mol. The molecule has 1 aromatic heterocycles. The highest BCUT2D eigenvalue weighted by Crippen LogP contribution is 2.50. The van der Waals surface area contributed by atoms with E-state index in [1.807, 2.05) is 51.1 Å². The maximum absolute atomic E-state index is 13.2. The van der Waals surface area contributed by atoms with Gasteiger partial charge in [0, 0.05) is 29.3 Å². The van der Waals surface area contributed by atoms with Crippen LogP contribution in [-0.4, -0.2) is 39.0 Å². The molecular weight excluding hydrogens is 440 g/mol. The van der Waals surface area contributed by atoms with Gasteiger partial charge in [0.1, 0.15) is 5.60 Å². The minimum Gasteiger partial charge on any atom is -0.393 e. The number of nitrogens with one attached hydrogen (secondary N) is 1. The third kappa shape index (κ3) is 2.79. The van der Waals surface area contributed by atoms with Crippen molar-refractivity contribution in [3.05, 3.63) is 70.8 Å². The Hall–Kier alpha value is -3.19. The minimum atomic E-state index is -1.47. The fourth-order valence-corrected chi connectivity index (χ4v) is 6.48. The number of hydrogen-bond acceptors (Lipinski definition) is 4. The topological polar surface area (TPSA) is 83.7 Å². The van der Waals surface area contributed by atoms with Gasteiger partial charge in [0.15, 0.2) is 5.72 Å². The molecule has 2 aliphatic heterocycles. The Bertz CT molecular complexity index is 1540. The fourth-order valence-electron chi connectivity index (χ4n) is 6.48. The van der Waals surface area contributed by atoms with Crippen molar-refractivity contribution in [2.75, 3.05) is 6.61 Å². The molecule has 6 rings (SSSR count). The summed E-state index contributed by atoms with van der Waals surface area (Å²) in [6.45, 7) is 7.91. The number of rotatable bonds is 3. The first-order valence-corrected chi connectivity index (χ1v) is 12.2. The van der Waals surface area contributed by atoms with E-state index in [4.69, 9.17) is 4.74 Å². The lowest BCUT2D eigenvalue weighted by atomic mass is 9.86. The molecule has 3 N–H and O–H groups in total. The molecule has 1 fully saturated rings. The molecular formula is C29H30N2O4. The first kappa shape index (κ1) is 22.3. The van der Waals surface area contributed by atoms with Crippen LogP contribution in [0.2, 0.25) is 0 Å². The van der Waals surface area contributed by atoms with Gasteiger partial charge >= 0.3 is 0 Å². The van der Waals surface area contributed by atoms with Crippen molar-refractivity contribution in [1.82, 2.24) is 9.88 Å². The molecule has 3 atom stereocenters. The van der Waals surface area contributed by atoms with Crippen molar-refractivity contribution in [3.63, 3.8) is 0 Å². The van der Waals surface area contributed by atoms with E-state index in [0.717, 1.165) is 55.2 Å². The molecule has 1 amide bonds. The Morgan fingerprint density at radius 3 is 2.57 bits per heavy atom. The number of carbonyl (C=O) groups is 1. The maximum atomic E-state index is 13.2. The summed E-state index contributed by atoms with van der Waals surface area (Å²) in [5.74, 6) is -0.0658. The SMILES string of the molecule is Cc1ccccc1-c1c2c(c3c4ccccc4n([C@@]4(C)O[C@@H](C)C[C@]4(O)CO)c3c1C)CNC2=O. The molecule has 6 heteroatoms. The van der Waals surface area contributed by atoms with Gasteiger partial charge in [0.05, 0.1) is 29.3 Å². The summed E-state index contributed by atoms with van der Waals surface area (Å²) in [6, 6.07) is 16.2. The lowest BCUT2D eigenvalue weighted by Crippen LogP contribution is -2.53. The van der Waals surface area contributed by atoms with Crippen LogP contribution in [0.5, 0.6) is 0 Å². The molecule has 1 saturated heterocycles. The number of carbonyl (C=O) groups excluding carboxylic acids is 1. The molecule has 35 heavy (non-hydrogen) atoms. The fraction of sp³-hybridized carbons (Fsp3) is 0.345. The zero-order valence-electron chi connectivity index (χ0n) is 20.5. The van der Waals surface area contributed by atoms with Gasteiger partial charge < -0.3 is 24.8 Å². The van der Waals surface area contributed by atoms with Crippen LogP contribution in [-0.2, 0) is 17.0 Å². The summed E-state index contributed by atoms with van der Waals surface area (Å²) in [5.41, 5.74) is 4.79. The number of aryl methyl sites for hydroxylation is 2. The minimum absolute atomic E-state index is 0.0658. The third-order valence-electron chi connectivity index (χ3n) is 8.13. The number of fused-ring (bicyclic) bond motifs is 5. The highest BCUT2D eigenvalue weighted by atomic mass is 16.6. The van der Waals surface area contributed by atoms with Crippen molar-refractivity contribution in [3.8, 4) is 11.1 Å². The van der Waals surface area contributed by atoms with Crippen LogP contribution < -0.4 is 5.32 Å². The first-order valence-electron chi connectivity index (χ1n) is 12.2. The third-order valence-corrected chi connectivity index (χ3v) is 8.13. The lowest BCUT2D eigenvalue weighted by molar-refractivity contribution is -0.182. The number of benzene rings is 3. The molecule has 180 valence electrons. The largest absolute Gasteiger partial charge is 0.393 e. The van der Waals surface area contributed by atoms with Crippen LogP contribution in [0.3, 0.4) is 0 Å². The Balaban J connectivity index is 1.85. The Morgan fingerprint density at radius 1 is 1.11 bits per heavy atom. The van der Waals surface area contributed by atoms with Crippen molar-refractivity contribution in [1.29, 1.82) is 0 Å². The molecule has 2 aliphatic rings. The van der Waals surface area contributed by atoms with E-state index in [-0.39, 0.29) is 12.0 Å². The summed E-state index contributed by atoms with van der Waals surface area (Å²) >= 11 is 0. The zero-order chi connectivity index (χ0) is 24.7. The average molecular weight is 471 g/mol. The summed E-state index contributed by atoms with van der Waals surface area (Å²) < 4.78 is 8.52. The molecule has 6 nitrogen and oxygen atoms in total. The van der Waals surface area contributed by atoms with Gasteiger partial charge in [-0.3, -0.25) is 4.79 Å². The van der Waals surface area contributed by atoms with E-state index in [9.17, 15) is 15.0 Å². The number of aromatic nitrogens is 1. The molecule has 0 radical (unpaired) electrons. The van der Waals surface area contributed by atoms with Crippen molar-refractivity contribution in [2.24, 2.45) is 0 Å². The molecule has 0 spiro atoms. The molecule has 0 bridgehead atoms. The first-order chi connectivity index (χ1) is 16.7. The highest BCUT2D eigenvalue weighted by Gasteiger charge is 2.57. The van der Waals surface area contributed by atoms with Gasteiger partial charge in [-0.25, -0.2) is 0 Å². The number of ether oxygens (including phenoxy) is 1. The number of nitrogens with zero attached hydrogens (tertiary/aromatic N) is 1. The van der Waals surface area contributed by atoms with Gasteiger partial charge in [-0.1, -0.05) is 42.5 Å². The number of aliphatic hydroxyl groups excluding tert-OH is 1. The second-order valence-electron chi connectivity index (χ2n) is 10.2. The molecule has 0 saturated carbocycles. The molecule has 3 aromatic carbocycles. The summed E-state index contributed by atoms with van der Waals surface area (Å²) in [5, 5.41) is 27.1. The van der Waals surface area contributed by atoms with E-state index < -0.39 is 17.9 Å². The Kier molecular flexibility index (Phi) is 4.71. The number of hydrogen-bond donors (Lipinski definition) is 3. The average Bonchev–Trinajstić information content (AvgIpc) is 3.45. The van der Waals surface area contributed by atoms with E-state index in [2.05, 4.69) is 35.0 Å². The number of amides is 1. The van der Waals surface area contributed by atoms with E-state index in [1.165, 1.54) is 0 Å². The van der Waals surface area contributed by atoms with Crippen molar-refractivity contribution < 1.29 is 19.7 Å². The smallest absolute Gasteiger partial charge is 0.252 e. The summed E-state index contributed by atoms with van der Waals surface area (Å²) in [7, 11) is 0. The van der Waals surface area contributed by atoms with E-state index in [1.54, 1.807) is 0 Å². The van der Waals surface area contributed by atoms with Crippen LogP contribution in [0.15, 0.2) is 48.5 Å². The Labute approximate surface area is 204 Å². The standard InChI is InChI=1S/C29H30N2O4/c1-16-9-5-6-10-19(16)23-18(3)26-24(21-14-30-27(33)25(21)23)20-11-7-8-12-22(20)31(26)28(4)29(34,15-32)13-17(2)35-28/h5-12,17,32,34H,13-15H2,1-4H3,(H,30,33)/t17-,28-,29-/m0/s1. The van der Waals surface area contributed by atoms with Crippen LogP contribution in [0.1, 0.15) is 47.3 Å². The van der Waals surface area contributed by atoms with Gasteiger partial charge in [0.2, 0.25) is 0 Å². The lowest BCUT2D eigenvalue weighted by Gasteiger charge is -2.39.